The van der Waals surface area contributed by atoms with Gasteiger partial charge in [0.2, 0.25) is 0 Å². The fourth-order valence-corrected chi connectivity index (χ4v) is 2.80. The average Bonchev–Trinajstić information content (AvgIpc) is 2.46. The van der Waals surface area contributed by atoms with Crippen LogP contribution in [0.25, 0.3) is 11.0 Å². The summed E-state index contributed by atoms with van der Waals surface area (Å²) in [6.45, 7) is 3.72. The smallest absolute Gasteiger partial charge is 0.150 e. The first-order valence-corrected chi connectivity index (χ1v) is 6.97. The van der Waals surface area contributed by atoms with Crippen LogP contribution >= 0.6 is 0 Å². The molecule has 0 spiro atoms. The van der Waals surface area contributed by atoms with Gasteiger partial charge in [-0.15, -0.1) is 0 Å². The molecule has 1 saturated heterocycles. The second-order valence-corrected chi connectivity index (χ2v) is 5.36. The molecule has 0 saturated carbocycles. The highest BCUT2D eigenvalue weighted by atomic mass is 15.2. The number of nitrogens with one attached hydrogen (secondary N) is 1. The number of nitrogens with zero attached hydrogens (tertiary/aromatic N) is 3. The maximum Gasteiger partial charge on any atom is 0.150 e. The van der Waals surface area contributed by atoms with Crippen molar-refractivity contribution in [2.24, 2.45) is 11.7 Å². The molecule has 5 heteroatoms. The van der Waals surface area contributed by atoms with Gasteiger partial charge in [-0.1, -0.05) is 12.1 Å². The van der Waals surface area contributed by atoms with Crippen molar-refractivity contribution in [1.82, 2.24) is 9.97 Å². The monoisotopic (exact) mass is 269 g/mol. The Hall–Kier alpha value is -2.17. The van der Waals surface area contributed by atoms with E-state index in [1.807, 2.05) is 31.2 Å². The van der Waals surface area contributed by atoms with E-state index in [0.717, 1.165) is 48.5 Å². The Morgan fingerprint density at radius 2 is 2.00 bits per heavy atom. The van der Waals surface area contributed by atoms with Crippen LogP contribution < -0.4 is 10.6 Å². The van der Waals surface area contributed by atoms with Crippen LogP contribution in [-0.2, 0) is 0 Å². The van der Waals surface area contributed by atoms with E-state index in [-0.39, 0.29) is 11.8 Å². The van der Waals surface area contributed by atoms with E-state index in [2.05, 4.69) is 9.88 Å². The fraction of sp³-hybridized carbons (Fsp3) is 0.400. The number of piperidine rings is 1. The van der Waals surface area contributed by atoms with Gasteiger partial charge in [0, 0.05) is 19.0 Å². The van der Waals surface area contributed by atoms with Gasteiger partial charge in [-0.2, -0.15) is 0 Å². The van der Waals surface area contributed by atoms with E-state index in [1.165, 1.54) is 0 Å². The van der Waals surface area contributed by atoms with Crippen LogP contribution in [-0.4, -0.2) is 28.9 Å². The number of para-hydroxylation sites is 2. The van der Waals surface area contributed by atoms with Crippen molar-refractivity contribution < 1.29 is 0 Å². The third kappa shape index (κ3) is 2.31. The Bertz CT molecular complexity index is 652. The highest BCUT2D eigenvalue weighted by molar-refractivity contribution is 5.81. The number of fused-ring (bicyclic) bond motifs is 1. The minimum atomic E-state index is 0.136. The van der Waals surface area contributed by atoms with Crippen LogP contribution in [0.3, 0.4) is 0 Å². The van der Waals surface area contributed by atoms with E-state index in [1.54, 1.807) is 0 Å². The fourth-order valence-electron chi connectivity index (χ4n) is 2.80. The number of hydrogen-bond acceptors (Lipinski definition) is 4. The molecule has 20 heavy (non-hydrogen) atoms. The predicted octanol–water partition coefficient (Wildman–Crippen LogP) is 2.09. The molecule has 1 aromatic carbocycles. The highest BCUT2D eigenvalue weighted by Crippen LogP contribution is 2.25. The largest absolute Gasteiger partial charge is 0.387 e. The number of aromatic nitrogens is 2. The average molecular weight is 269 g/mol. The summed E-state index contributed by atoms with van der Waals surface area (Å²) in [5.74, 6) is 1.34. The van der Waals surface area contributed by atoms with E-state index < -0.39 is 0 Å². The molecule has 0 aliphatic carbocycles. The lowest BCUT2D eigenvalue weighted by atomic mass is 9.97. The molecule has 2 aromatic rings. The lowest BCUT2D eigenvalue weighted by Crippen LogP contribution is -2.41. The zero-order valence-electron chi connectivity index (χ0n) is 11.6. The molecule has 3 N–H and O–H groups in total. The molecule has 1 fully saturated rings. The molecule has 104 valence electrons. The van der Waals surface area contributed by atoms with E-state index in [9.17, 15) is 0 Å². The summed E-state index contributed by atoms with van der Waals surface area (Å²) in [5, 5.41) is 7.64. The minimum absolute atomic E-state index is 0.136. The molecule has 2 heterocycles. The number of aryl methyl sites for hydroxylation is 1. The summed E-state index contributed by atoms with van der Waals surface area (Å²) in [6.07, 6.45) is 2.03. The predicted molar refractivity (Wildman–Crippen MR) is 81.1 cm³/mol. The summed E-state index contributed by atoms with van der Waals surface area (Å²) >= 11 is 0. The Kier molecular flexibility index (Phi) is 3.26. The van der Waals surface area contributed by atoms with Crippen molar-refractivity contribution in [3.05, 3.63) is 30.0 Å². The van der Waals surface area contributed by atoms with Gasteiger partial charge in [-0.3, -0.25) is 5.41 Å². The maximum absolute atomic E-state index is 7.64. The normalized spacial score (nSPS) is 19.2. The second-order valence-electron chi connectivity index (χ2n) is 5.36. The zero-order chi connectivity index (χ0) is 14.1. The van der Waals surface area contributed by atoms with Crippen LogP contribution in [0.4, 0.5) is 5.82 Å². The van der Waals surface area contributed by atoms with Gasteiger partial charge in [-0.05, 0) is 31.9 Å². The van der Waals surface area contributed by atoms with Crippen LogP contribution in [0, 0.1) is 18.3 Å². The van der Waals surface area contributed by atoms with Crippen molar-refractivity contribution >= 4 is 22.7 Å². The number of rotatable bonds is 2. The number of nitrogens with two attached hydrogens (primary N) is 1. The summed E-state index contributed by atoms with van der Waals surface area (Å²) in [6, 6.07) is 7.92. The van der Waals surface area contributed by atoms with Gasteiger partial charge in [0.15, 0.2) is 5.82 Å². The molecular weight excluding hydrogens is 250 g/mol. The Balaban J connectivity index is 1.96. The Morgan fingerprint density at radius 3 is 2.70 bits per heavy atom. The summed E-state index contributed by atoms with van der Waals surface area (Å²) in [4.78, 5) is 11.6. The maximum atomic E-state index is 7.64. The van der Waals surface area contributed by atoms with Gasteiger partial charge >= 0.3 is 0 Å². The van der Waals surface area contributed by atoms with Crippen molar-refractivity contribution in [2.45, 2.75) is 19.8 Å². The molecule has 1 unspecified atom stereocenters. The number of amidine groups is 1. The minimum Gasteiger partial charge on any atom is -0.387 e. The number of benzene rings is 1. The molecule has 1 aliphatic heterocycles. The number of hydrogen-bond donors (Lipinski definition) is 2. The molecule has 1 atom stereocenters. The first-order valence-electron chi connectivity index (χ1n) is 6.97. The first kappa shape index (κ1) is 12.8. The van der Waals surface area contributed by atoms with Gasteiger partial charge in [0.1, 0.15) is 0 Å². The number of anilines is 1. The van der Waals surface area contributed by atoms with Crippen LogP contribution in [0.2, 0.25) is 0 Å². The molecular formula is C15H19N5. The van der Waals surface area contributed by atoms with Crippen LogP contribution in [0.1, 0.15) is 18.5 Å². The quantitative estimate of drug-likeness (QED) is 0.646. The standard InChI is InChI=1S/C15H19N5/c1-10-15(19-13-7-3-2-6-12(13)18-10)20-8-4-5-11(9-20)14(16)17/h2-3,6-7,11H,4-5,8-9H2,1H3,(H3,16,17). The summed E-state index contributed by atoms with van der Waals surface area (Å²) < 4.78 is 0. The van der Waals surface area contributed by atoms with Gasteiger partial charge < -0.3 is 10.6 Å². The molecule has 3 rings (SSSR count). The van der Waals surface area contributed by atoms with Gasteiger partial charge in [0.25, 0.3) is 0 Å². The lowest BCUT2D eigenvalue weighted by Gasteiger charge is -2.33. The molecule has 0 amide bonds. The third-order valence-electron chi connectivity index (χ3n) is 3.88. The Morgan fingerprint density at radius 1 is 1.30 bits per heavy atom. The summed E-state index contributed by atoms with van der Waals surface area (Å²) in [7, 11) is 0. The molecule has 0 radical (unpaired) electrons. The molecule has 1 aliphatic rings. The topological polar surface area (TPSA) is 78.9 Å². The molecule has 5 nitrogen and oxygen atoms in total. The molecule has 1 aromatic heterocycles. The zero-order valence-corrected chi connectivity index (χ0v) is 11.6. The summed E-state index contributed by atoms with van der Waals surface area (Å²) in [5.41, 5.74) is 8.43. The van der Waals surface area contributed by atoms with E-state index in [0.29, 0.717) is 0 Å². The molecule has 0 bridgehead atoms. The third-order valence-corrected chi connectivity index (χ3v) is 3.88. The lowest BCUT2D eigenvalue weighted by molar-refractivity contribution is 0.499. The highest BCUT2D eigenvalue weighted by Gasteiger charge is 2.24. The Labute approximate surface area is 118 Å². The van der Waals surface area contributed by atoms with Crippen molar-refractivity contribution in [2.75, 3.05) is 18.0 Å². The van der Waals surface area contributed by atoms with E-state index in [4.69, 9.17) is 16.1 Å². The van der Waals surface area contributed by atoms with Crippen molar-refractivity contribution in [3.8, 4) is 0 Å². The van der Waals surface area contributed by atoms with Crippen molar-refractivity contribution in [1.29, 1.82) is 5.41 Å². The van der Waals surface area contributed by atoms with E-state index >= 15 is 0 Å². The second kappa shape index (κ2) is 5.07. The van der Waals surface area contributed by atoms with Gasteiger partial charge in [0.05, 0.1) is 22.6 Å². The first-order chi connectivity index (χ1) is 9.65. The van der Waals surface area contributed by atoms with Gasteiger partial charge in [-0.25, -0.2) is 9.97 Å². The SMILES string of the molecule is Cc1nc2ccccc2nc1N1CCCC(C(=N)N)C1. The van der Waals surface area contributed by atoms with Crippen molar-refractivity contribution in [3.63, 3.8) is 0 Å². The van der Waals surface area contributed by atoms with Crippen LogP contribution in [0.5, 0.6) is 0 Å². The van der Waals surface area contributed by atoms with Crippen LogP contribution in [0.15, 0.2) is 24.3 Å².